The lowest BCUT2D eigenvalue weighted by molar-refractivity contribution is -0.137. The fraction of sp³-hybridized carbons (Fsp3) is 0.889. The normalized spacial score (nSPS) is 41.8. The van der Waals surface area contributed by atoms with Crippen molar-refractivity contribution in [2.24, 2.45) is 11.8 Å². The molecule has 2 fully saturated rings. The Balaban J connectivity index is 1.95. The first kappa shape index (κ1) is 8.05. The summed E-state index contributed by atoms with van der Waals surface area (Å²) in [5.41, 5.74) is 0. The summed E-state index contributed by atoms with van der Waals surface area (Å²) in [6, 6.07) is 0. The molecule has 0 spiro atoms. The molecule has 0 aromatic carbocycles. The van der Waals surface area contributed by atoms with E-state index in [1.807, 2.05) is 0 Å². The summed E-state index contributed by atoms with van der Waals surface area (Å²) in [7, 11) is 0. The number of aliphatic hydroxyl groups excluding tert-OH is 1. The fourth-order valence-corrected chi connectivity index (χ4v) is 2.33. The van der Waals surface area contributed by atoms with Crippen LogP contribution in [0, 0.1) is 11.8 Å². The summed E-state index contributed by atoms with van der Waals surface area (Å²) in [5, 5.41) is 9.57. The Morgan fingerprint density at radius 2 is 2.25 bits per heavy atom. The molecule has 2 rings (SSSR count). The number of ether oxygens (including phenoxy) is 1. The van der Waals surface area contributed by atoms with Gasteiger partial charge in [-0.1, -0.05) is 6.42 Å². The van der Waals surface area contributed by atoms with Crippen molar-refractivity contribution in [3.8, 4) is 0 Å². The highest BCUT2D eigenvalue weighted by molar-refractivity contribution is 5.71. The van der Waals surface area contributed by atoms with Gasteiger partial charge in [-0.25, -0.2) is 0 Å². The van der Waals surface area contributed by atoms with E-state index >= 15 is 0 Å². The van der Waals surface area contributed by atoms with Crippen LogP contribution in [-0.4, -0.2) is 23.8 Å². The van der Waals surface area contributed by atoms with Crippen molar-refractivity contribution in [1.29, 1.82) is 0 Å². The van der Waals surface area contributed by atoms with Crippen LogP contribution in [0.25, 0.3) is 0 Å². The average molecular weight is 170 g/mol. The van der Waals surface area contributed by atoms with E-state index in [4.69, 9.17) is 4.74 Å². The molecule has 1 heterocycles. The topological polar surface area (TPSA) is 46.5 Å². The molecule has 3 nitrogen and oxygen atoms in total. The molecule has 1 N–H and O–H groups in total. The first-order valence-corrected chi connectivity index (χ1v) is 4.61. The van der Waals surface area contributed by atoms with E-state index in [1.165, 1.54) is 0 Å². The molecule has 0 radical (unpaired) electrons. The first-order chi connectivity index (χ1) is 5.77. The number of esters is 1. The Kier molecular flexibility index (Phi) is 2.05. The third-order valence-corrected chi connectivity index (χ3v) is 3.02. The highest BCUT2D eigenvalue weighted by atomic mass is 16.5. The molecule has 1 aliphatic carbocycles. The van der Waals surface area contributed by atoms with Crippen LogP contribution in [0.3, 0.4) is 0 Å². The molecular formula is C9H14O3. The minimum absolute atomic E-state index is 0.0981. The number of hydrogen-bond acceptors (Lipinski definition) is 3. The molecule has 1 saturated carbocycles. The zero-order valence-corrected chi connectivity index (χ0v) is 7.03. The second kappa shape index (κ2) is 3.05. The van der Waals surface area contributed by atoms with E-state index < -0.39 is 0 Å². The van der Waals surface area contributed by atoms with Gasteiger partial charge in [-0.3, -0.25) is 4.79 Å². The molecule has 68 valence electrons. The van der Waals surface area contributed by atoms with Crippen LogP contribution in [0.2, 0.25) is 0 Å². The third-order valence-electron chi connectivity index (χ3n) is 3.02. The molecule has 3 heteroatoms. The Morgan fingerprint density at radius 3 is 2.75 bits per heavy atom. The number of carbonyl (C=O) groups excluding carboxylic acids is 1. The summed E-state index contributed by atoms with van der Waals surface area (Å²) in [6.45, 7) is 0.528. The number of rotatable bonds is 1. The standard InChI is InChI=1S/C9H14O3/c10-8-3-1-2-7(8)6-4-9(11)12-5-6/h6-8,10H,1-5H2. The Morgan fingerprint density at radius 1 is 1.42 bits per heavy atom. The van der Waals surface area contributed by atoms with Gasteiger partial charge in [0.05, 0.1) is 19.1 Å². The van der Waals surface area contributed by atoms with Gasteiger partial charge < -0.3 is 9.84 Å². The largest absolute Gasteiger partial charge is 0.465 e. The zero-order valence-electron chi connectivity index (χ0n) is 7.03. The first-order valence-electron chi connectivity index (χ1n) is 4.61. The second-order valence-electron chi connectivity index (χ2n) is 3.81. The van der Waals surface area contributed by atoms with Crippen molar-refractivity contribution in [3.63, 3.8) is 0 Å². The monoisotopic (exact) mass is 170 g/mol. The van der Waals surface area contributed by atoms with Crippen LogP contribution in [-0.2, 0) is 9.53 Å². The van der Waals surface area contributed by atoms with Gasteiger partial charge in [-0.2, -0.15) is 0 Å². The molecule has 3 atom stereocenters. The molecular weight excluding hydrogens is 156 g/mol. The van der Waals surface area contributed by atoms with E-state index in [2.05, 4.69) is 0 Å². The van der Waals surface area contributed by atoms with E-state index in [-0.39, 0.29) is 18.0 Å². The van der Waals surface area contributed by atoms with Crippen molar-refractivity contribution in [2.75, 3.05) is 6.61 Å². The van der Waals surface area contributed by atoms with Gasteiger partial charge in [0.1, 0.15) is 0 Å². The van der Waals surface area contributed by atoms with E-state index in [9.17, 15) is 9.90 Å². The van der Waals surface area contributed by atoms with Gasteiger partial charge in [0.15, 0.2) is 0 Å². The maximum Gasteiger partial charge on any atom is 0.306 e. The molecule has 0 amide bonds. The number of aliphatic hydroxyl groups is 1. The summed E-state index contributed by atoms with van der Waals surface area (Å²) in [6.07, 6.45) is 3.38. The van der Waals surface area contributed by atoms with Crippen molar-refractivity contribution < 1.29 is 14.6 Å². The smallest absolute Gasteiger partial charge is 0.306 e. The van der Waals surface area contributed by atoms with Gasteiger partial charge in [0.2, 0.25) is 0 Å². The summed E-state index contributed by atoms with van der Waals surface area (Å²) in [4.78, 5) is 10.8. The fourth-order valence-electron chi connectivity index (χ4n) is 2.33. The van der Waals surface area contributed by atoms with Crippen molar-refractivity contribution in [3.05, 3.63) is 0 Å². The van der Waals surface area contributed by atoms with Crippen molar-refractivity contribution in [2.45, 2.75) is 31.8 Å². The van der Waals surface area contributed by atoms with Crippen LogP contribution in [0.1, 0.15) is 25.7 Å². The lowest BCUT2D eigenvalue weighted by Gasteiger charge is -2.18. The van der Waals surface area contributed by atoms with Crippen LogP contribution in [0.15, 0.2) is 0 Å². The molecule has 0 bridgehead atoms. The van der Waals surface area contributed by atoms with Gasteiger partial charge in [-0.15, -0.1) is 0 Å². The molecule has 1 saturated heterocycles. The van der Waals surface area contributed by atoms with Crippen LogP contribution >= 0.6 is 0 Å². The summed E-state index contributed by atoms with van der Waals surface area (Å²) >= 11 is 0. The molecule has 12 heavy (non-hydrogen) atoms. The van der Waals surface area contributed by atoms with E-state index in [0.29, 0.717) is 18.9 Å². The highest BCUT2D eigenvalue weighted by Gasteiger charge is 2.37. The van der Waals surface area contributed by atoms with Crippen LogP contribution < -0.4 is 0 Å². The Labute approximate surface area is 71.7 Å². The molecule has 0 aromatic heterocycles. The van der Waals surface area contributed by atoms with E-state index in [0.717, 1.165) is 19.3 Å². The van der Waals surface area contributed by atoms with Crippen molar-refractivity contribution in [1.82, 2.24) is 0 Å². The van der Waals surface area contributed by atoms with Gasteiger partial charge >= 0.3 is 5.97 Å². The maximum atomic E-state index is 10.8. The van der Waals surface area contributed by atoms with Crippen molar-refractivity contribution >= 4 is 5.97 Å². The lowest BCUT2D eigenvalue weighted by Crippen LogP contribution is -2.22. The molecule has 0 aromatic rings. The van der Waals surface area contributed by atoms with Crippen LogP contribution in [0.4, 0.5) is 0 Å². The van der Waals surface area contributed by atoms with Gasteiger partial charge in [0.25, 0.3) is 0 Å². The quantitative estimate of drug-likeness (QED) is 0.589. The lowest BCUT2D eigenvalue weighted by atomic mass is 9.89. The molecule has 2 aliphatic rings. The molecule has 1 aliphatic heterocycles. The minimum Gasteiger partial charge on any atom is -0.465 e. The predicted octanol–water partition coefficient (Wildman–Crippen LogP) is 0.710. The average Bonchev–Trinajstić information content (AvgIpc) is 2.58. The van der Waals surface area contributed by atoms with E-state index in [1.54, 1.807) is 0 Å². The highest BCUT2D eigenvalue weighted by Crippen LogP contribution is 2.35. The molecule has 3 unspecified atom stereocenters. The number of hydrogen-bond donors (Lipinski definition) is 1. The zero-order chi connectivity index (χ0) is 8.55. The SMILES string of the molecule is O=C1CC(C2CCCC2O)CO1. The second-order valence-corrected chi connectivity index (χ2v) is 3.81. The third kappa shape index (κ3) is 1.33. The summed E-state index contributed by atoms with van der Waals surface area (Å²) < 4.78 is 4.88. The van der Waals surface area contributed by atoms with Gasteiger partial charge in [0, 0.05) is 5.92 Å². The van der Waals surface area contributed by atoms with Gasteiger partial charge in [-0.05, 0) is 18.8 Å². The number of cyclic esters (lactones) is 1. The predicted molar refractivity (Wildman–Crippen MR) is 42.4 cm³/mol. The maximum absolute atomic E-state index is 10.8. The Hall–Kier alpha value is -0.570. The Bertz CT molecular complexity index is 190. The number of carbonyl (C=O) groups is 1. The minimum atomic E-state index is -0.190. The summed E-state index contributed by atoms with van der Waals surface area (Å²) in [5.74, 6) is 0.505. The van der Waals surface area contributed by atoms with Crippen LogP contribution in [0.5, 0.6) is 0 Å².